The summed E-state index contributed by atoms with van der Waals surface area (Å²) in [6, 6.07) is 44.4. The summed E-state index contributed by atoms with van der Waals surface area (Å²) < 4.78 is 2.90. The van der Waals surface area contributed by atoms with E-state index in [9.17, 15) is 0 Å². The Morgan fingerprint density at radius 3 is 1.64 bits per heavy atom. The molecule has 0 radical (unpaired) electrons. The molecule has 6 aromatic carbocycles. The number of thiophene rings is 1. The minimum Gasteiger partial charge on any atom is -0.311 e. The Balaban J connectivity index is 1.26. The fraction of sp³-hybridized carbons (Fsp3) is 0.387. The van der Waals surface area contributed by atoms with Gasteiger partial charge in [0.1, 0.15) is 0 Å². The number of rotatable bonds is 4. The highest BCUT2D eigenvalue weighted by Crippen LogP contribution is 2.59. The first-order chi connectivity index (χ1) is 31.3. The van der Waals surface area contributed by atoms with Crippen LogP contribution >= 0.6 is 11.3 Å². The SMILES string of the molecule is Cc1cc2c3c(c1)N(c1ccc([Si](C)(C)C)cc1-c1ccc(C(C)(C)C)cc1)c1c(sc4cc5c(cc14)C1(C)CCC5(C)CC1)B3c1cc(C(C)(C)C)ccc1N2c1ccc(C(C)(C)C)cc1. The largest absolute Gasteiger partial charge is 0.311 e. The maximum Gasteiger partial charge on any atom is 0.264 e. The summed E-state index contributed by atoms with van der Waals surface area (Å²) in [5.74, 6) is 0. The van der Waals surface area contributed by atoms with E-state index in [1.807, 2.05) is 0 Å². The normalized spacial score (nSPS) is 20.0. The standard InChI is InChI=1S/C62H71BN2SSi/c1-38-32-52-55-53(33-38)65(50-27-25-44(67(13,14)15)35-45(50)39-16-18-40(19-17-39)58(2,3)4)56-46-36-47-48(62(12)30-28-61(47,11)29-31-62)37-54(46)66-57(56)63(55)49-34-42(60(8,9)10)22-26-51(49)64(52)43-23-20-41(21-24-43)59(5,6)7/h16-27,32-37H,28-31H2,1-15H3. The fourth-order valence-electron chi connectivity index (χ4n) is 12.2. The van der Waals surface area contributed by atoms with Gasteiger partial charge in [0.15, 0.2) is 0 Å². The molecule has 3 heterocycles. The van der Waals surface area contributed by atoms with Gasteiger partial charge in [-0.1, -0.05) is 162 Å². The Morgan fingerprint density at radius 2 is 1.07 bits per heavy atom. The van der Waals surface area contributed by atoms with E-state index in [2.05, 4.69) is 233 Å². The minimum absolute atomic E-state index is 0.00688. The van der Waals surface area contributed by atoms with E-state index in [0.717, 1.165) is 0 Å². The van der Waals surface area contributed by atoms with Crippen molar-refractivity contribution >= 4 is 91.2 Å². The van der Waals surface area contributed by atoms with Crippen LogP contribution in [-0.2, 0) is 27.1 Å². The molecule has 2 aliphatic heterocycles. The summed E-state index contributed by atoms with van der Waals surface area (Å²) in [5, 5.41) is 2.91. The van der Waals surface area contributed by atoms with E-state index in [1.54, 1.807) is 11.1 Å². The van der Waals surface area contributed by atoms with Crippen LogP contribution in [0.25, 0.3) is 21.2 Å². The maximum absolute atomic E-state index is 2.76. The van der Waals surface area contributed by atoms with E-state index in [-0.39, 0.29) is 33.8 Å². The Bertz CT molecular complexity index is 3150. The van der Waals surface area contributed by atoms with Gasteiger partial charge in [0.2, 0.25) is 0 Å². The predicted molar refractivity (Wildman–Crippen MR) is 298 cm³/mol. The number of nitrogens with zero attached hydrogens (tertiary/aromatic N) is 2. The van der Waals surface area contributed by atoms with Crippen LogP contribution in [0, 0.1) is 6.92 Å². The fourth-order valence-corrected chi connectivity index (χ4v) is 14.7. The number of hydrogen-bond acceptors (Lipinski definition) is 3. The van der Waals surface area contributed by atoms with Gasteiger partial charge in [0.25, 0.3) is 6.71 Å². The summed E-state index contributed by atoms with van der Waals surface area (Å²) in [6.07, 6.45) is 5.11. The molecule has 5 heteroatoms. The Morgan fingerprint density at radius 1 is 0.552 bits per heavy atom. The molecule has 1 aromatic heterocycles. The van der Waals surface area contributed by atoms with Gasteiger partial charge in [-0.15, -0.1) is 11.3 Å². The van der Waals surface area contributed by atoms with Gasteiger partial charge in [0.05, 0.1) is 19.4 Å². The highest BCUT2D eigenvalue weighted by Gasteiger charge is 2.50. The number of anilines is 6. The molecular formula is C62H71BN2SSi. The number of hydrogen-bond donors (Lipinski definition) is 0. The van der Waals surface area contributed by atoms with Crippen molar-refractivity contribution in [2.75, 3.05) is 9.80 Å². The number of benzene rings is 6. The Hall–Kier alpha value is -4.84. The summed E-state index contributed by atoms with van der Waals surface area (Å²) in [6.45, 7) is 36.0. The topological polar surface area (TPSA) is 6.48 Å². The molecule has 12 rings (SSSR count). The molecule has 0 spiro atoms. The van der Waals surface area contributed by atoms with E-state index >= 15 is 0 Å². The second-order valence-corrected chi connectivity index (χ2v) is 31.9. The molecule has 1 fully saturated rings. The third kappa shape index (κ3) is 6.98. The lowest BCUT2D eigenvalue weighted by Gasteiger charge is -2.52. The van der Waals surface area contributed by atoms with Gasteiger partial charge in [-0.2, -0.15) is 0 Å². The molecule has 0 amide bonds. The second kappa shape index (κ2) is 14.6. The first-order valence-electron chi connectivity index (χ1n) is 25.2. The van der Waals surface area contributed by atoms with Crippen molar-refractivity contribution in [2.24, 2.45) is 0 Å². The lowest BCUT2D eigenvalue weighted by molar-refractivity contribution is 0.188. The molecule has 0 saturated heterocycles. The minimum atomic E-state index is -1.70. The molecule has 7 aromatic rings. The van der Waals surface area contributed by atoms with Crippen LogP contribution in [0.2, 0.25) is 19.6 Å². The zero-order valence-corrected chi connectivity index (χ0v) is 44.9. The average molecular weight is 915 g/mol. The van der Waals surface area contributed by atoms with Crippen LogP contribution in [0.4, 0.5) is 34.1 Å². The molecular weight excluding hydrogens is 844 g/mol. The first-order valence-corrected chi connectivity index (χ1v) is 29.5. The Labute approximate surface area is 407 Å². The van der Waals surface area contributed by atoms with Gasteiger partial charge in [0, 0.05) is 43.2 Å². The average Bonchev–Trinajstić information content (AvgIpc) is 3.63. The van der Waals surface area contributed by atoms with Crippen molar-refractivity contribution < 1.29 is 0 Å². The number of aryl methyl sites for hydroxylation is 1. The van der Waals surface area contributed by atoms with Crippen LogP contribution in [-0.4, -0.2) is 14.8 Å². The molecule has 0 atom stereocenters. The van der Waals surface area contributed by atoms with Crippen molar-refractivity contribution in [3.8, 4) is 11.1 Å². The molecule has 0 unspecified atom stereocenters. The molecule has 3 aliphatic carbocycles. The van der Waals surface area contributed by atoms with Crippen molar-refractivity contribution in [1.82, 2.24) is 0 Å². The monoisotopic (exact) mass is 915 g/mol. The quantitative estimate of drug-likeness (QED) is 0.162. The van der Waals surface area contributed by atoms with Crippen LogP contribution < -0.4 is 30.7 Å². The molecule has 1 saturated carbocycles. The molecule has 2 nitrogen and oxygen atoms in total. The smallest absolute Gasteiger partial charge is 0.264 e. The molecule has 342 valence electrons. The molecule has 67 heavy (non-hydrogen) atoms. The summed E-state index contributed by atoms with van der Waals surface area (Å²) >= 11 is 2.08. The molecule has 0 N–H and O–H groups in total. The maximum atomic E-state index is 2.76. The van der Waals surface area contributed by atoms with Crippen molar-refractivity contribution in [3.05, 3.63) is 143 Å². The van der Waals surface area contributed by atoms with Crippen LogP contribution in [0.1, 0.15) is 135 Å². The van der Waals surface area contributed by atoms with E-state index in [4.69, 9.17) is 0 Å². The third-order valence-corrected chi connectivity index (χ3v) is 20.0. The van der Waals surface area contributed by atoms with Crippen LogP contribution in [0.5, 0.6) is 0 Å². The number of fused-ring (bicyclic) bond motifs is 8. The lowest BCUT2D eigenvalue weighted by Crippen LogP contribution is -2.60. The summed E-state index contributed by atoms with van der Waals surface area (Å²) in [4.78, 5) is 5.36. The van der Waals surface area contributed by atoms with Crippen molar-refractivity contribution in [2.45, 2.75) is 155 Å². The summed E-state index contributed by atoms with van der Waals surface area (Å²) in [7, 11) is -1.70. The van der Waals surface area contributed by atoms with Gasteiger partial charge in [-0.05, 0) is 158 Å². The lowest BCUT2D eigenvalue weighted by atomic mass is 9.36. The zero-order valence-electron chi connectivity index (χ0n) is 43.1. The highest BCUT2D eigenvalue weighted by molar-refractivity contribution is 7.33. The van der Waals surface area contributed by atoms with Crippen molar-refractivity contribution in [3.63, 3.8) is 0 Å². The Kier molecular flexibility index (Phi) is 9.73. The third-order valence-electron chi connectivity index (χ3n) is 16.7. The van der Waals surface area contributed by atoms with Gasteiger partial charge < -0.3 is 9.80 Å². The second-order valence-electron chi connectivity index (χ2n) is 25.8. The van der Waals surface area contributed by atoms with E-state index < -0.39 is 8.07 Å². The zero-order chi connectivity index (χ0) is 47.5. The van der Waals surface area contributed by atoms with Crippen LogP contribution in [0.3, 0.4) is 0 Å². The molecule has 5 aliphatic rings. The van der Waals surface area contributed by atoms with Gasteiger partial charge in [-0.3, -0.25) is 0 Å². The van der Waals surface area contributed by atoms with Crippen LogP contribution in [0.15, 0.2) is 109 Å². The highest BCUT2D eigenvalue weighted by atomic mass is 32.1. The molecule has 2 bridgehead atoms. The first kappa shape index (κ1) is 44.7. The predicted octanol–water partition coefficient (Wildman–Crippen LogP) is 15.5. The summed E-state index contributed by atoms with van der Waals surface area (Å²) in [5.41, 5.74) is 22.3. The van der Waals surface area contributed by atoms with Gasteiger partial charge in [-0.25, -0.2) is 0 Å². The van der Waals surface area contributed by atoms with E-state index in [0.29, 0.717) is 0 Å². The van der Waals surface area contributed by atoms with Gasteiger partial charge >= 0.3 is 0 Å². The van der Waals surface area contributed by atoms with Crippen molar-refractivity contribution in [1.29, 1.82) is 0 Å². The van der Waals surface area contributed by atoms with E-state index in [1.165, 1.54) is 124 Å².